The van der Waals surface area contributed by atoms with Crippen LogP contribution in [0.15, 0.2) is 66.7 Å². The minimum Gasteiger partial charge on any atom is -0.489 e. The van der Waals surface area contributed by atoms with Gasteiger partial charge in [-0.05, 0) is 66.8 Å². The Bertz CT molecular complexity index is 1090. The summed E-state index contributed by atoms with van der Waals surface area (Å²) in [6, 6.07) is 20.7. The summed E-state index contributed by atoms with van der Waals surface area (Å²) in [5.41, 5.74) is 4.21. The van der Waals surface area contributed by atoms with Crippen LogP contribution in [0, 0.1) is 12.7 Å². The van der Waals surface area contributed by atoms with Gasteiger partial charge in [0.05, 0.1) is 19.1 Å². The first-order valence-electron chi connectivity index (χ1n) is 10.9. The van der Waals surface area contributed by atoms with Crippen LogP contribution >= 0.6 is 0 Å². The van der Waals surface area contributed by atoms with E-state index in [4.69, 9.17) is 9.47 Å². The number of aryl methyl sites for hydroxylation is 1. The summed E-state index contributed by atoms with van der Waals surface area (Å²) in [5, 5.41) is 3.49. The molecule has 1 fully saturated rings. The van der Waals surface area contributed by atoms with Crippen LogP contribution in [-0.4, -0.2) is 19.6 Å². The molecule has 32 heavy (non-hydrogen) atoms. The minimum absolute atomic E-state index is 0.214. The van der Waals surface area contributed by atoms with Gasteiger partial charge in [-0.3, -0.25) is 4.79 Å². The Kier molecular flexibility index (Phi) is 6.56. The highest BCUT2D eigenvalue weighted by Crippen LogP contribution is 2.35. The maximum absolute atomic E-state index is 14.1. The van der Waals surface area contributed by atoms with Crippen molar-refractivity contribution in [1.29, 1.82) is 0 Å². The fourth-order valence-corrected chi connectivity index (χ4v) is 4.46. The molecule has 166 valence electrons. The van der Waals surface area contributed by atoms with Gasteiger partial charge in [-0.15, -0.1) is 0 Å². The zero-order chi connectivity index (χ0) is 22.6. The third-order valence-electron chi connectivity index (χ3n) is 6.18. The van der Waals surface area contributed by atoms with Crippen LogP contribution in [0.2, 0.25) is 0 Å². The topological polar surface area (TPSA) is 47.6 Å². The molecule has 1 atom stereocenters. The maximum atomic E-state index is 14.1. The molecule has 1 aliphatic heterocycles. The molecule has 5 heteroatoms. The summed E-state index contributed by atoms with van der Waals surface area (Å²) >= 11 is 0. The molecule has 3 aromatic carbocycles. The first-order chi connectivity index (χ1) is 15.5. The quantitative estimate of drug-likeness (QED) is 0.498. The predicted molar refractivity (Wildman–Crippen MR) is 123 cm³/mol. The molecule has 0 unspecified atom stereocenters. The van der Waals surface area contributed by atoms with Crippen LogP contribution in [0.5, 0.6) is 5.75 Å². The smallest absolute Gasteiger partial charge is 0.307 e. The van der Waals surface area contributed by atoms with Crippen molar-refractivity contribution in [2.75, 3.05) is 13.7 Å². The summed E-state index contributed by atoms with van der Waals surface area (Å²) in [6.45, 7) is 3.29. The molecular formula is C27H28FNO3. The van der Waals surface area contributed by atoms with Gasteiger partial charge >= 0.3 is 5.97 Å². The van der Waals surface area contributed by atoms with Crippen molar-refractivity contribution in [3.8, 4) is 16.9 Å². The molecule has 1 N–H and O–H groups in total. The number of ether oxygens (including phenoxy) is 2. The molecule has 0 aliphatic carbocycles. The second-order valence-electron chi connectivity index (χ2n) is 8.31. The highest BCUT2D eigenvalue weighted by Gasteiger charge is 2.37. The summed E-state index contributed by atoms with van der Waals surface area (Å²) in [5.74, 6) is 0.325. The molecule has 0 amide bonds. The average molecular weight is 434 g/mol. The van der Waals surface area contributed by atoms with Gasteiger partial charge in [0.1, 0.15) is 18.2 Å². The second kappa shape index (κ2) is 9.53. The van der Waals surface area contributed by atoms with E-state index in [-0.39, 0.29) is 17.3 Å². The SMILES string of the molecule is COC(=O)C[C@]1(c2ccc(OCc3ccc(-c4ccccc4F)c(C)c3)cc2)CCCN1. The van der Waals surface area contributed by atoms with Gasteiger partial charge in [0, 0.05) is 5.56 Å². The molecular weight excluding hydrogens is 405 g/mol. The van der Waals surface area contributed by atoms with Gasteiger partial charge in [-0.2, -0.15) is 0 Å². The number of benzene rings is 3. The van der Waals surface area contributed by atoms with Crippen LogP contribution in [0.4, 0.5) is 4.39 Å². The lowest BCUT2D eigenvalue weighted by Gasteiger charge is -2.29. The fraction of sp³-hybridized carbons (Fsp3) is 0.296. The Balaban J connectivity index is 1.44. The van der Waals surface area contributed by atoms with Gasteiger partial charge in [-0.1, -0.05) is 48.5 Å². The fourth-order valence-electron chi connectivity index (χ4n) is 4.46. The van der Waals surface area contributed by atoms with Crippen molar-refractivity contribution in [1.82, 2.24) is 5.32 Å². The highest BCUT2D eigenvalue weighted by atomic mass is 19.1. The van der Waals surface area contributed by atoms with Crippen LogP contribution in [-0.2, 0) is 21.7 Å². The predicted octanol–water partition coefficient (Wildman–Crippen LogP) is 5.52. The Hall–Kier alpha value is -3.18. The number of methoxy groups -OCH3 is 1. The van der Waals surface area contributed by atoms with E-state index in [0.29, 0.717) is 18.6 Å². The van der Waals surface area contributed by atoms with E-state index in [1.54, 1.807) is 12.1 Å². The molecule has 0 saturated carbocycles. The number of halogens is 1. The third-order valence-corrected chi connectivity index (χ3v) is 6.18. The molecule has 1 heterocycles. The molecule has 0 radical (unpaired) electrons. The van der Waals surface area contributed by atoms with Crippen molar-refractivity contribution < 1.29 is 18.7 Å². The summed E-state index contributed by atoms with van der Waals surface area (Å²) in [6.07, 6.45) is 2.24. The van der Waals surface area contributed by atoms with E-state index in [0.717, 1.165) is 47.4 Å². The Morgan fingerprint density at radius 1 is 1.06 bits per heavy atom. The van der Waals surface area contributed by atoms with Crippen molar-refractivity contribution in [3.05, 3.63) is 89.2 Å². The van der Waals surface area contributed by atoms with Gasteiger partial charge in [0.2, 0.25) is 0 Å². The van der Waals surface area contributed by atoms with Crippen LogP contribution in [0.1, 0.15) is 36.0 Å². The van der Waals surface area contributed by atoms with Crippen LogP contribution in [0.25, 0.3) is 11.1 Å². The van der Waals surface area contributed by atoms with Crippen molar-refractivity contribution in [3.63, 3.8) is 0 Å². The zero-order valence-electron chi connectivity index (χ0n) is 18.5. The Morgan fingerprint density at radius 2 is 1.84 bits per heavy atom. The number of carbonyl (C=O) groups excluding carboxylic acids is 1. The first kappa shape index (κ1) is 22.0. The lowest BCUT2D eigenvalue weighted by atomic mass is 9.85. The second-order valence-corrected chi connectivity index (χ2v) is 8.31. The first-order valence-corrected chi connectivity index (χ1v) is 10.9. The van der Waals surface area contributed by atoms with Crippen molar-refractivity contribution >= 4 is 5.97 Å². The molecule has 4 nitrogen and oxygen atoms in total. The minimum atomic E-state index is -0.370. The number of nitrogens with one attached hydrogen (secondary N) is 1. The molecule has 0 bridgehead atoms. The highest BCUT2D eigenvalue weighted by molar-refractivity contribution is 5.71. The molecule has 3 aromatic rings. The van der Waals surface area contributed by atoms with E-state index >= 15 is 0 Å². The number of rotatable bonds is 7. The number of esters is 1. The monoisotopic (exact) mass is 433 g/mol. The molecule has 4 rings (SSSR count). The number of carbonyl (C=O) groups is 1. The summed E-state index contributed by atoms with van der Waals surface area (Å²) in [7, 11) is 1.42. The molecule has 1 saturated heterocycles. The third kappa shape index (κ3) is 4.68. The van der Waals surface area contributed by atoms with E-state index in [1.165, 1.54) is 13.2 Å². The normalized spacial score (nSPS) is 17.8. The molecule has 0 spiro atoms. The molecule has 0 aromatic heterocycles. The largest absolute Gasteiger partial charge is 0.489 e. The maximum Gasteiger partial charge on any atom is 0.307 e. The number of hydrogen-bond acceptors (Lipinski definition) is 4. The van der Waals surface area contributed by atoms with E-state index in [9.17, 15) is 9.18 Å². The van der Waals surface area contributed by atoms with E-state index < -0.39 is 0 Å². The van der Waals surface area contributed by atoms with E-state index in [2.05, 4.69) is 5.32 Å². The lowest BCUT2D eigenvalue weighted by molar-refractivity contribution is -0.142. The molecule has 1 aliphatic rings. The standard InChI is InChI=1S/C27H28FNO3/c1-19-16-20(8-13-23(19)24-6-3-4-7-25(24)28)18-32-22-11-9-21(10-12-22)27(14-5-15-29-27)17-26(30)31-2/h3-4,6-13,16,29H,5,14-15,17-18H2,1-2H3/t27-/m0/s1. The average Bonchev–Trinajstić information content (AvgIpc) is 3.28. The van der Waals surface area contributed by atoms with E-state index in [1.807, 2.05) is 55.5 Å². The van der Waals surface area contributed by atoms with Gasteiger partial charge in [-0.25, -0.2) is 4.39 Å². The van der Waals surface area contributed by atoms with Crippen molar-refractivity contribution in [2.24, 2.45) is 0 Å². The Morgan fingerprint density at radius 3 is 2.50 bits per heavy atom. The van der Waals surface area contributed by atoms with Crippen LogP contribution < -0.4 is 10.1 Å². The van der Waals surface area contributed by atoms with Gasteiger partial charge in [0.25, 0.3) is 0 Å². The lowest BCUT2D eigenvalue weighted by Crippen LogP contribution is -2.39. The van der Waals surface area contributed by atoms with Crippen LogP contribution in [0.3, 0.4) is 0 Å². The number of hydrogen-bond donors (Lipinski definition) is 1. The zero-order valence-corrected chi connectivity index (χ0v) is 18.5. The van der Waals surface area contributed by atoms with Gasteiger partial charge < -0.3 is 14.8 Å². The Labute approximate surface area is 188 Å². The van der Waals surface area contributed by atoms with Crippen molar-refractivity contribution in [2.45, 2.75) is 38.3 Å². The summed E-state index contributed by atoms with van der Waals surface area (Å²) in [4.78, 5) is 11.9. The summed E-state index contributed by atoms with van der Waals surface area (Å²) < 4.78 is 25.0. The van der Waals surface area contributed by atoms with Gasteiger partial charge in [0.15, 0.2) is 0 Å².